The Morgan fingerprint density at radius 1 is 1.22 bits per heavy atom. The molecular weight excluding hydrogens is 340 g/mol. The molecule has 0 radical (unpaired) electrons. The molecule has 4 rings (SSSR count). The van der Waals surface area contributed by atoms with Crippen LogP contribution in [0, 0.1) is 40.9 Å². The van der Waals surface area contributed by atoms with Crippen molar-refractivity contribution in [2.75, 3.05) is 0 Å². The number of ether oxygens (including phenoxy) is 1. The van der Waals surface area contributed by atoms with E-state index >= 15 is 0 Å². The number of terminal acetylenes is 1. The van der Waals surface area contributed by atoms with Gasteiger partial charge in [0.05, 0.1) is 6.10 Å². The Labute approximate surface area is 162 Å². The molecule has 4 nitrogen and oxygen atoms in total. The minimum atomic E-state index is -1.06. The van der Waals surface area contributed by atoms with Crippen molar-refractivity contribution in [3.63, 3.8) is 0 Å². The van der Waals surface area contributed by atoms with E-state index in [1.165, 1.54) is 12.5 Å². The summed E-state index contributed by atoms with van der Waals surface area (Å²) in [5, 5.41) is 22.2. The van der Waals surface area contributed by atoms with Crippen LogP contribution in [0.5, 0.6) is 0 Å². The third-order valence-electron chi connectivity index (χ3n) is 8.81. The van der Waals surface area contributed by atoms with Gasteiger partial charge in [-0.3, -0.25) is 4.79 Å². The number of carbonyl (C=O) groups excluding carboxylic acids is 1. The topological polar surface area (TPSA) is 66.8 Å². The van der Waals surface area contributed by atoms with E-state index < -0.39 is 11.7 Å². The van der Waals surface area contributed by atoms with Gasteiger partial charge in [-0.05, 0) is 61.7 Å². The number of aliphatic hydroxyl groups excluding tert-OH is 1. The normalized spacial score (nSPS) is 51.3. The molecule has 2 N–H and O–H groups in total. The largest absolute Gasteiger partial charge is 0.462 e. The molecule has 27 heavy (non-hydrogen) atoms. The van der Waals surface area contributed by atoms with Gasteiger partial charge in [0.15, 0.2) is 0 Å². The highest BCUT2D eigenvalue weighted by atomic mass is 16.5. The maximum Gasteiger partial charge on any atom is 0.302 e. The van der Waals surface area contributed by atoms with E-state index in [0.29, 0.717) is 12.3 Å². The summed E-state index contributed by atoms with van der Waals surface area (Å²) in [5.41, 5.74) is -0.0814. The molecule has 0 heterocycles. The van der Waals surface area contributed by atoms with E-state index in [0.717, 1.165) is 38.5 Å². The number of hydrogen-bond acceptors (Lipinski definition) is 4. The van der Waals surface area contributed by atoms with Gasteiger partial charge in [0.2, 0.25) is 0 Å². The fourth-order valence-corrected chi connectivity index (χ4v) is 7.21. The second-order valence-corrected chi connectivity index (χ2v) is 9.86. The van der Waals surface area contributed by atoms with Crippen molar-refractivity contribution in [2.45, 2.75) is 83.5 Å². The van der Waals surface area contributed by atoms with Crippen LogP contribution in [-0.2, 0) is 9.53 Å². The molecule has 4 aliphatic carbocycles. The molecule has 0 aromatic carbocycles. The van der Waals surface area contributed by atoms with Crippen molar-refractivity contribution in [3.05, 3.63) is 11.6 Å². The number of rotatable bonds is 1. The monoisotopic (exact) mass is 372 g/mol. The van der Waals surface area contributed by atoms with Gasteiger partial charge < -0.3 is 14.9 Å². The number of aliphatic hydroxyl groups is 2. The Balaban J connectivity index is 1.66. The molecule has 4 aliphatic rings. The molecule has 8 atom stereocenters. The molecule has 0 amide bonds. The van der Waals surface area contributed by atoms with Gasteiger partial charge in [-0.1, -0.05) is 31.4 Å². The van der Waals surface area contributed by atoms with Crippen LogP contribution in [0.25, 0.3) is 0 Å². The molecule has 3 unspecified atom stereocenters. The molecule has 3 fully saturated rings. The van der Waals surface area contributed by atoms with E-state index in [-0.39, 0.29) is 34.7 Å². The summed E-state index contributed by atoms with van der Waals surface area (Å²) < 4.78 is 5.47. The van der Waals surface area contributed by atoms with Gasteiger partial charge in [-0.2, -0.15) is 0 Å². The van der Waals surface area contributed by atoms with E-state index in [9.17, 15) is 15.0 Å². The van der Waals surface area contributed by atoms with Gasteiger partial charge in [0.1, 0.15) is 11.7 Å². The lowest BCUT2D eigenvalue weighted by Gasteiger charge is -2.59. The Bertz CT molecular complexity index is 720. The van der Waals surface area contributed by atoms with E-state index in [1.807, 2.05) is 6.08 Å². The fraction of sp³-hybridized carbons (Fsp3) is 0.783. The highest BCUT2D eigenvalue weighted by Gasteiger charge is 2.65. The molecule has 0 saturated heterocycles. The van der Waals surface area contributed by atoms with Crippen LogP contribution < -0.4 is 0 Å². The Hall–Kier alpha value is -1.31. The minimum absolute atomic E-state index is 0.0404. The molecule has 0 aliphatic heterocycles. The summed E-state index contributed by atoms with van der Waals surface area (Å²) >= 11 is 0. The SMILES string of the molecule is C#C[C@]1(O)CCC2C3C(CC[C@@]21C)[C@@]1(C)CC[C@H](OC(C)=O)CC1=C[C@@H]3O. The summed E-state index contributed by atoms with van der Waals surface area (Å²) in [6.45, 7) is 5.92. The molecule has 4 heteroatoms. The van der Waals surface area contributed by atoms with Crippen molar-refractivity contribution in [3.8, 4) is 12.3 Å². The van der Waals surface area contributed by atoms with Gasteiger partial charge in [-0.25, -0.2) is 0 Å². The number of fused-ring (bicyclic) bond motifs is 5. The zero-order valence-corrected chi connectivity index (χ0v) is 16.7. The van der Waals surface area contributed by atoms with Crippen molar-refractivity contribution < 1.29 is 19.7 Å². The third-order valence-corrected chi connectivity index (χ3v) is 8.81. The Morgan fingerprint density at radius 3 is 2.59 bits per heavy atom. The van der Waals surface area contributed by atoms with Gasteiger partial charge in [-0.15, -0.1) is 6.42 Å². The first kappa shape index (κ1) is 19.0. The van der Waals surface area contributed by atoms with E-state index in [1.54, 1.807) is 0 Å². The average Bonchev–Trinajstić information content (AvgIpc) is 2.88. The molecule has 0 aromatic rings. The summed E-state index contributed by atoms with van der Waals surface area (Å²) in [7, 11) is 0. The summed E-state index contributed by atoms with van der Waals surface area (Å²) in [5.74, 6) is 3.24. The van der Waals surface area contributed by atoms with Crippen LogP contribution >= 0.6 is 0 Å². The zero-order valence-electron chi connectivity index (χ0n) is 16.7. The highest BCUT2D eigenvalue weighted by Crippen LogP contribution is 2.67. The lowest BCUT2D eigenvalue weighted by molar-refractivity contribution is -0.150. The lowest BCUT2D eigenvalue weighted by atomic mass is 9.46. The van der Waals surface area contributed by atoms with Crippen LogP contribution in [0.4, 0.5) is 0 Å². The van der Waals surface area contributed by atoms with Gasteiger partial charge >= 0.3 is 5.97 Å². The average molecular weight is 373 g/mol. The molecule has 0 aromatic heterocycles. The highest BCUT2D eigenvalue weighted by molar-refractivity contribution is 5.66. The molecule has 0 bridgehead atoms. The summed E-state index contributed by atoms with van der Waals surface area (Å²) in [6, 6.07) is 0. The van der Waals surface area contributed by atoms with Crippen LogP contribution in [0.3, 0.4) is 0 Å². The van der Waals surface area contributed by atoms with E-state index in [4.69, 9.17) is 11.2 Å². The Morgan fingerprint density at radius 2 is 1.93 bits per heavy atom. The van der Waals surface area contributed by atoms with Crippen molar-refractivity contribution in [1.82, 2.24) is 0 Å². The van der Waals surface area contributed by atoms with Crippen LogP contribution in [0.1, 0.15) is 65.7 Å². The number of carbonyl (C=O) groups is 1. The predicted octanol–water partition coefficient (Wildman–Crippen LogP) is 3.22. The summed E-state index contributed by atoms with van der Waals surface area (Å²) in [6.07, 6.45) is 13.2. The van der Waals surface area contributed by atoms with Crippen LogP contribution in [-0.4, -0.2) is 34.0 Å². The van der Waals surface area contributed by atoms with Crippen LogP contribution in [0.15, 0.2) is 11.6 Å². The summed E-state index contributed by atoms with van der Waals surface area (Å²) in [4.78, 5) is 11.4. The smallest absolute Gasteiger partial charge is 0.302 e. The first-order chi connectivity index (χ1) is 12.6. The van der Waals surface area contributed by atoms with Gasteiger partial charge in [0.25, 0.3) is 0 Å². The molecule has 0 spiro atoms. The second-order valence-electron chi connectivity index (χ2n) is 9.86. The predicted molar refractivity (Wildman–Crippen MR) is 102 cm³/mol. The minimum Gasteiger partial charge on any atom is -0.462 e. The lowest BCUT2D eigenvalue weighted by Crippen LogP contribution is -2.57. The standard InChI is InChI=1S/C23H32O4/c1-5-23(26)11-8-18-20-17(7-10-22(18,23)4)21(3)9-6-16(27-14(2)24)12-15(21)13-19(20)25/h1,13,16-20,25-26H,6-12H2,2-4H3/t16-,17?,18?,19-,20?,21-,22-,23-/m0/s1. The first-order valence-corrected chi connectivity index (χ1v) is 10.4. The molecule has 3 saturated carbocycles. The third kappa shape index (κ3) is 2.54. The van der Waals surface area contributed by atoms with E-state index in [2.05, 4.69) is 19.8 Å². The quantitative estimate of drug-likeness (QED) is 0.421. The fourth-order valence-electron chi connectivity index (χ4n) is 7.21. The number of hydrogen-bond donors (Lipinski definition) is 2. The van der Waals surface area contributed by atoms with Crippen molar-refractivity contribution >= 4 is 5.97 Å². The van der Waals surface area contributed by atoms with Gasteiger partial charge in [0, 0.05) is 18.8 Å². The zero-order chi connectivity index (χ0) is 19.6. The van der Waals surface area contributed by atoms with Crippen LogP contribution in [0.2, 0.25) is 0 Å². The van der Waals surface area contributed by atoms with Crippen molar-refractivity contribution in [2.24, 2.45) is 28.6 Å². The first-order valence-electron chi connectivity index (χ1n) is 10.4. The second kappa shape index (κ2) is 6.09. The van der Waals surface area contributed by atoms with Crippen molar-refractivity contribution in [1.29, 1.82) is 0 Å². The maximum atomic E-state index is 11.4. The maximum absolute atomic E-state index is 11.4. The molecular formula is C23H32O4. The molecule has 148 valence electrons. The Kier molecular flexibility index (Phi) is 4.29. The number of esters is 1.